The largest absolute Gasteiger partial charge is 0.507 e. The van der Waals surface area contributed by atoms with E-state index in [9.17, 15) is 5.11 Å². The van der Waals surface area contributed by atoms with E-state index >= 15 is 0 Å². The molecule has 1 aromatic rings. The summed E-state index contributed by atoms with van der Waals surface area (Å²) in [5.74, 6) is 0.350. The van der Waals surface area contributed by atoms with E-state index in [1.54, 1.807) is 6.07 Å². The van der Waals surface area contributed by atoms with Crippen molar-refractivity contribution in [1.29, 1.82) is 0 Å². The zero-order valence-corrected chi connectivity index (χ0v) is 9.13. The molecular formula is C10H12BrNO. The number of halogens is 1. The molecule has 1 aliphatic heterocycles. The van der Waals surface area contributed by atoms with Gasteiger partial charge < -0.3 is 10.0 Å². The number of hydrogen-bond donors (Lipinski definition) is 1. The highest BCUT2D eigenvalue weighted by Crippen LogP contribution is 2.32. The normalized spacial score (nSPS) is 17.1. The summed E-state index contributed by atoms with van der Waals surface area (Å²) in [6.45, 7) is 2.04. The Labute approximate surface area is 86.3 Å². The fourth-order valence-corrected chi connectivity index (χ4v) is 2.32. The third-order valence-corrected chi connectivity index (χ3v) is 3.39. The lowest BCUT2D eigenvalue weighted by Crippen LogP contribution is -2.26. The van der Waals surface area contributed by atoms with E-state index in [1.807, 2.05) is 6.07 Å². The molecule has 0 fully saturated rings. The standard InChI is InChI=1S/C10H12BrNO/c1-12-5-4-8-7(6-12)2-3-9(13)10(8)11/h2-3,13H,4-6H2,1H3. The molecule has 1 aliphatic rings. The second-order valence-electron chi connectivity index (χ2n) is 3.52. The second kappa shape index (κ2) is 3.31. The van der Waals surface area contributed by atoms with Crippen molar-refractivity contribution in [3.63, 3.8) is 0 Å². The van der Waals surface area contributed by atoms with Gasteiger partial charge in [0.25, 0.3) is 0 Å². The Morgan fingerprint density at radius 2 is 2.23 bits per heavy atom. The minimum Gasteiger partial charge on any atom is -0.507 e. The van der Waals surface area contributed by atoms with Crippen molar-refractivity contribution in [1.82, 2.24) is 4.90 Å². The van der Waals surface area contributed by atoms with Crippen LogP contribution in [-0.2, 0) is 13.0 Å². The third kappa shape index (κ3) is 1.58. The second-order valence-corrected chi connectivity index (χ2v) is 4.32. The zero-order valence-electron chi connectivity index (χ0n) is 7.55. The summed E-state index contributed by atoms with van der Waals surface area (Å²) in [6, 6.07) is 3.76. The van der Waals surface area contributed by atoms with Crippen molar-refractivity contribution in [3.05, 3.63) is 27.7 Å². The molecule has 1 N–H and O–H groups in total. The van der Waals surface area contributed by atoms with E-state index in [-0.39, 0.29) is 0 Å². The van der Waals surface area contributed by atoms with Crippen LogP contribution in [-0.4, -0.2) is 23.6 Å². The summed E-state index contributed by atoms with van der Waals surface area (Å²) >= 11 is 3.42. The summed E-state index contributed by atoms with van der Waals surface area (Å²) in [5.41, 5.74) is 2.58. The van der Waals surface area contributed by atoms with Crippen LogP contribution in [0.5, 0.6) is 5.75 Å². The highest BCUT2D eigenvalue weighted by atomic mass is 79.9. The topological polar surface area (TPSA) is 23.5 Å². The smallest absolute Gasteiger partial charge is 0.130 e. The van der Waals surface area contributed by atoms with Gasteiger partial charge in [0, 0.05) is 13.1 Å². The molecular weight excluding hydrogens is 230 g/mol. The molecule has 0 spiro atoms. The Kier molecular flexibility index (Phi) is 2.30. The molecule has 2 rings (SSSR count). The lowest BCUT2D eigenvalue weighted by molar-refractivity contribution is 0.311. The van der Waals surface area contributed by atoms with Gasteiger partial charge in [-0.1, -0.05) is 6.07 Å². The summed E-state index contributed by atoms with van der Waals surface area (Å²) in [4.78, 5) is 2.28. The van der Waals surface area contributed by atoms with Gasteiger partial charge in [0.05, 0.1) is 4.47 Å². The fraction of sp³-hybridized carbons (Fsp3) is 0.400. The molecule has 2 nitrogen and oxygen atoms in total. The molecule has 70 valence electrons. The van der Waals surface area contributed by atoms with Crippen LogP contribution in [0, 0.1) is 0 Å². The summed E-state index contributed by atoms with van der Waals surface area (Å²) in [7, 11) is 2.11. The average molecular weight is 242 g/mol. The number of likely N-dealkylation sites (N-methyl/N-ethyl adjacent to an activating group) is 1. The van der Waals surface area contributed by atoms with Gasteiger partial charge in [0.2, 0.25) is 0 Å². The lowest BCUT2D eigenvalue weighted by atomic mass is 10.00. The van der Waals surface area contributed by atoms with Gasteiger partial charge in [-0.05, 0) is 46.6 Å². The molecule has 1 aromatic carbocycles. The van der Waals surface area contributed by atoms with Crippen molar-refractivity contribution >= 4 is 15.9 Å². The number of hydrogen-bond acceptors (Lipinski definition) is 2. The molecule has 3 heteroatoms. The Balaban J connectivity index is 2.47. The number of benzene rings is 1. The molecule has 0 aliphatic carbocycles. The minimum atomic E-state index is 0.350. The number of fused-ring (bicyclic) bond motifs is 1. The number of rotatable bonds is 0. The summed E-state index contributed by atoms with van der Waals surface area (Å²) in [6.07, 6.45) is 1.01. The van der Waals surface area contributed by atoms with Gasteiger partial charge in [-0.15, -0.1) is 0 Å². The van der Waals surface area contributed by atoms with E-state index in [0.29, 0.717) is 5.75 Å². The maximum Gasteiger partial charge on any atom is 0.130 e. The first-order valence-corrected chi connectivity index (χ1v) is 5.15. The predicted octanol–water partition coefficient (Wildman–Crippen LogP) is 2.14. The van der Waals surface area contributed by atoms with Crippen molar-refractivity contribution < 1.29 is 5.11 Å². The highest BCUT2D eigenvalue weighted by molar-refractivity contribution is 9.10. The van der Waals surface area contributed by atoms with Crippen LogP contribution < -0.4 is 0 Å². The van der Waals surface area contributed by atoms with E-state index < -0.39 is 0 Å². The summed E-state index contributed by atoms with van der Waals surface area (Å²) in [5, 5.41) is 9.48. The SMILES string of the molecule is CN1CCc2c(ccc(O)c2Br)C1. The van der Waals surface area contributed by atoms with Crippen molar-refractivity contribution in [2.24, 2.45) is 0 Å². The molecule has 0 atom stereocenters. The Morgan fingerprint density at radius 1 is 1.46 bits per heavy atom. The van der Waals surface area contributed by atoms with Crippen molar-refractivity contribution in [2.45, 2.75) is 13.0 Å². The fourth-order valence-electron chi connectivity index (χ4n) is 1.74. The van der Waals surface area contributed by atoms with E-state index in [4.69, 9.17) is 0 Å². The first-order valence-electron chi connectivity index (χ1n) is 4.36. The van der Waals surface area contributed by atoms with Crippen LogP contribution in [0.1, 0.15) is 11.1 Å². The molecule has 0 bridgehead atoms. The number of nitrogens with zero attached hydrogens (tertiary/aromatic N) is 1. The zero-order chi connectivity index (χ0) is 9.42. The molecule has 0 radical (unpaired) electrons. The molecule has 0 aromatic heterocycles. The van der Waals surface area contributed by atoms with Crippen LogP contribution in [0.25, 0.3) is 0 Å². The van der Waals surface area contributed by atoms with Crippen LogP contribution in [0.2, 0.25) is 0 Å². The van der Waals surface area contributed by atoms with Gasteiger partial charge in [0.15, 0.2) is 0 Å². The molecule has 0 amide bonds. The van der Waals surface area contributed by atoms with Crippen LogP contribution in [0.4, 0.5) is 0 Å². The van der Waals surface area contributed by atoms with E-state index in [1.165, 1.54) is 11.1 Å². The number of aromatic hydroxyl groups is 1. The van der Waals surface area contributed by atoms with Crippen molar-refractivity contribution in [3.8, 4) is 5.75 Å². The molecule has 0 saturated carbocycles. The first-order chi connectivity index (χ1) is 6.18. The highest BCUT2D eigenvalue weighted by Gasteiger charge is 2.16. The summed E-state index contributed by atoms with van der Waals surface area (Å²) < 4.78 is 0.873. The quantitative estimate of drug-likeness (QED) is 0.753. The van der Waals surface area contributed by atoms with Gasteiger partial charge in [0.1, 0.15) is 5.75 Å². The van der Waals surface area contributed by atoms with Crippen LogP contribution >= 0.6 is 15.9 Å². The molecule has 1 heterocycles. The maximum absolute atomic E-state index is 9.48. The Bertz CT molecular complexity index is 338. The average Bonchev–Trinajstić information content (AvgIpc) is 2.12. The van der Waals surface area contributed by atoms with Crippen LogP contribution in [0.15, 0.2) is 16.6 Å². The molecule has 13 heavy (non-hydrogen) atoms. The predicted molar refractivity (Wildman–Crippen MR) is 55.8 cm³/mol. The van der Waals surface area contributed by atoms with Crippen LogP contribution in [0.3, 0.4) is 0 Å². The number of phenolic OH excluding ortho intramolecular Hbond substituents is 1. The number of phenols is 1. The van der Waals surface area contributed by atoms with Gasteiger partial charge in [-0.2, -0.15) is 0 Å². The van der Waals surface area contributed by atoms with E-state index in [2.05, 4.69) is 27.9 Å². The van der Waals surface area contributed by atoms with E-state index in [0.717, 1.165) is 24.0 Å². The molecule has 0 saturated heterocycles. The maximum atomic E-state index is 9.48. The Morgan fingerprint density at radius 3 is 3.00 bits per heavy atom. The monoisotopic (exact) mass is 241 g/mol. The third-order valence-electron chi connectivity index (χ3n) is 2.50. The van der Waals surface area contributed by atoms with Gasteiger partial charge in [-0.3, -0.25) is 0 Å². The first kappa shape index (κ1) is 9.03. The van der Waals surface area contributed by atoms with Crippen molar-refractivity contribution in [2.75, 3.05) is 13.6 Å². The molecule has 0 unspecified atom stereocenters. The minimum absolute atomic E-state index is 0.350. The Hall–Kier alpha value is -0.540. The lowest BCUT2D eigenvalue weighted by Gasteiger charge is -2.25. The van der Waals surface area contributed by atoms with Gasteiger partial charge >= 0.3 is 0 Å². The van der Waals surface area contributed by atoms with Gasteiger partial charge in [-0.25, -0.2) is 0 Å².